The fourth-order valence-electron chi connectivity index (χ4n) is 3.49. The van der Waals surface area contributed by atoms with Gasteiger partial charge in [0.1, 0.15) is 0 Å². The average molecular weight is 291 g/mol. The van der Waals surface area contributed by atoms with Crippen LogP contribution in [0.4, 0.5) is 4.79 Å². The van der Waals surface area contributed by atoms with E-state index in [1.54, 1.807) is 4.90 Å². The first-order valence-corrected chi connectivity index (χ1v) is 7.45. The van der Waals surface area contributed by atoms with E-state index in [-0.39, 0.29) is 12.1 Å². The molecule has 22 heavy (non-hydrogen) atoms. The Labute approximate surface area is 128 Å². The van der Waals surface area contributed by atoms with Crippen molar-refractivity contribution in [1.82, 2.24) is 9.88 Å². The van der Waals surface area contributed by atoms with Gasteiger partial charge in [-0.25, -0.2) is 4.79 Å². The third-order valence-corrected chi connectivity index (χ3v) is 4.49. The standard InChI is InChI=1S/C18H17N3O/c19-18(22)21-11-9-12-4-1-2-5-13(12)17(21)15-6-3-7-16-14(15)8-10-20-16/h1-8,10,17,20H,9,11H2,(H2,19,22). The highest BCUT2D eigenvalue weighted by atomic mass is 16.2. The molecule has 0 bridgehead atoms. The molecule has 2 aromatic carbocycles. The molecule has 0 fully saturated rings. The maximum Gasteiger partial charge on any atom is 0.315 e. The number of benzene rings is 2. The predicted octanol–water partition coefficient (Wildman–Crippen LogP) is 3.19. The van der Waals surface area contributed by atoms with Crippen molar-refractivity contribution in [2.45, 2.75) is 12.5 Å². The first-order chi connectivity index (χ1) is 10.8. The van der Waals surface area contributed by atoms with Crippen molar-refractivity contribution < 1.29 is 4.79 Å². The molecule has 0 saturated carbocycles. The van der Waals surface area contributed by atoms with Crippen molar-refractivity contribution in [2.24, 2.45) is 5.73 Å². The number of urea groups is 1. The minimum atomic E-state index is -0.368. The highest BCUT2D eigenvalue weighted by molar-refractivity contribution is 5.85. The number of nitrogens with two attached hydrogens (primary N) is 1. The van der Waals surface area contributed by atoms with Gasteiger partial charge in [0.05, 0.1) is 6.04 Å². The highest BCUT2D eigenvalue weighted by Gasteiger charge is 2.31. The van der Waals surface area contributed by atoms with Gasteiger partial charge in [-0.15, -0.1) is 0 Å². The molecule has 3 N–H and O–H groups in total. The lowest BCUT2D eigenvalue weighted by atomic mass is 9.87. The number of hydrogen-bond acceptors (Lipinski definition) is 1. The van der Waals surface area contributed by atoms with E-state index in [9.17, 15) is 4.79 Å². The Bertz CT molecular complexity index is 852. The Balaban J connectivity index is 1.96. The summed E-state index contributed by atoms with van der Waals surface area (Å²) in [5.41, 5.74) is 10.3. The number of carbonyl (C=O) groups excluding carboxylic acids is 1. The van der Waals surface area contributed by atoms with Gasteiger partial charge in [0, 0.05) is 23.6 Å². The monoisotopic (exact) mass is 291 g/mol. The maximum absolute atomic E-state index is 12.0. The molecule has 3 aromatic rings. The molecule has 1 aliphatic rings. The molecule has 0 spiro atoms. The van der Waals surface area contributed by atoms with Crippen LogP contribution in [0.3, 0.4) is 0 Å². The molecular weight excluding hydrogens is 274 g/mol. The summed E-state index contributed by atoms with van der Waals surface area (Å²) < 4.78 is 0. The zero-order chi connectivity index (χ0) is 15.1. The Morgan fingerprint density at radius 3 is 2.77 bits per heavy atom. The van der Waals surface area contributed by atoms with Crippen LogP contribution in [0.25, 0.3) is 10.9 Å². The molecular formula is C18H17N3O. The second-order valence-electron chi connectivity index (χ2n) is 5.67. The minimum absolute atomic E-state index is 0.123. The number of nitrogens with zero attached hydrogens (tertiary/aromatic N) is 1. The van der Waals surface area contributed by atoms with E-state index in [4.69, 9.17) is 5.73 Å². The summed E-state index contributed by atoms with van der Waals surface area (Å²) in [5.74, 6) is 0. The molecule has 0 radical (unpaired) electrons. The number of aromatic amines is 1. The molecule has 0 aliphatic carbocycles. The zero-order valence-corrected chi connectivity index (χ0v) is 12.1. The van der Waals surface area contributed by atoms with Crippen molar-refractivity contribution in [2.75, 3.05) is 6.54 Å². The molecule has 1 aliphatic heterocycles. The molecule has 1 unspecified atom stereocenters. The second kappa shape index (κ2) is 4.91. The highest BCUT2D eigenvalue weighted by Crippen LogP contribution is 2.37. The van der Waals surface area contributed by atoms with Crippen LogP contribution >= 0.6 is 0 Å². The number of aromatic nitrogens is 1. The number of amides is 2. The topological polar surface area (TPSA) is 62.1 Å². The summed E-state index contributed by atoms with van der Waals surface area (Å²) in [6.45, 7) is 0.651. The number of hydrogen-bond donors (Lipinski definition) is 2. The summed E-state index contributed by atoms with van der Waals surface area (Å²) in [6, 6.07) is 16.0. The largest absolute Gasteiger partial charge is 0.361 e. The lowest BCUT2D eigenvalue weighted by Gasteiger charge is -2.37. The van der Waals surface area contributed by atoms with Crippen molar-refractivity contribution >= 4 is 16.9 Å². The predicted molar refractivity (Wildman–Crippen MR) is 86.6 cm³/mol. The third-order valence-electron chi connectivity index (χ3n) is 4.49. The fourth-order valence-corrected chi connectivity index (χ4v) is 3.49. The van der Waals surface area contributed by atoms with E-state index in [1.165, 1.54) is 11.1 Å². The van der Waals surface area contributed by atoms with Crippen molar-refractivity contribution in [3.8, 4) is 0 Å². The number of carbonyl (C=O) groups is 1. The van der Waals surface area contributed by atoms with Gasteiger partial charge in [-0.05, 0) is 35.2 Å². The van der Waals surface area contributed by atoms with E-state index in [1.807, 2.05) is 30.5 Å². The van der Waals surface area contributed by atoms with Crippen LogP contribution in [-0.2, 0) is 6.42 Å². The molecule has 4 rings (SSSR count). The molecule has 2 heterocycles. The van der Waals surface area contributed by atoms with Gasteiger partial charge in [0.2, 0.25) is 0 Å². The van der Waals surface area contributed by atoms with E-state index in [0.29, 0.717) is 6.54 Å². The Morgan fingerprint density at radius 1 is 1.09 bits per heavy atom. The molecule has 1 aromatic heterocycles. The number of rotatable bonds is 1. The number of nitrogens with one attached hydrogen (secondary N) is 1. The summed E-state index contributed by atoms with van der Waals surface area (Å²) in [6.07, 6.45) is 2.77. The van der Waals surface area contributed by atoms with Gasteiger partial charge in [0.25, 0.3) is 0 Å². The summed E-state index contributed by atoms with van der Waals surface area (Å²) in [5, 5.41) is 1.13. The smallest absolute Gasteiger partial charge is 0.315 e. The van der Waals surface area contributed by atoms with Gasteiger partial charge in [-0.1, -0.05) is 36.4 Å². The Kier molecular flexibility index (Phi) is 2.89. The summed E-state index contributed by atoms with van der Waals surface area (Å²) >= 11 is 0. The molecule has 4 heteroatoms. The van der Waals surface area contributed by atoms with Crippen molar-refractivity contribution in [1.29, 1.82) is 0 Å². The van der Waals surface area contributed by atoms with E-state index in [0.717, 1.165) is 22.9 Å². The molecule has 2 amide bonds. The van der Waals surface area contributed by atoms with Gasteiger partial charge in [0.15, 0.2) is 0 Å². The first kappa shape index (κ1) is 13.0. The van der Waals surface area contributed by atoms with Gasteiger partial charge < -0.3 is 15.6 Å². The van der Waals surface area contributed by atoms with Crippen LogP contribution < -0.4 is 5.73 Å². The van der Waals surface area contributed by atoms with Crippen LogP contribution in [0.1, 0.15) is 22.7 Å². The number of fused-ring (bicyclic) bond motifs is 2. The molecule has 0 saturated heterocycles. The first-order valence-electron chi connectivity index (χ1n) is 7.45. The third kappa shape index (κ3) is 1.88. The van der Waals surface area contributed by atoms with E-state index >= 15 is 0 Å². The second-order valence-corrected chi connectivity index (χ2v) is 5.67. The normalized spacial score (nSPS) is 17.5. The quantitative estimate of drug-likeness (QED) is 0.710. The van der Waals surface area contributed by atoms with Gasteiger partial charge in [-0.3, -0.25) is 0 Å². The minimum Gasteiger partial charge on any atom is -0.361 e. The lowest BCUT2D eigenvalue weighted by molar-refractivity contribution is 0.190. The number of H-pyrrole nitrogens is 1. The number of primary amides is 1. The summed E-state index contributed by atoms with van der Waals surface area (Å²) in [7, 11) is 0. The lowest BCUT2D eigenvalue weighted by Crippen LogP contribution is -2.43. The average Bonchev–Trinajstić information content (AvgIpc) is 3.02. The van der Waals surface area contributed by atoms with Crippen molar-refractivity contribution in [3.63, 3.8) is 0 Å². The summed E-state index contributed by atoms with van der Waals surface area (Å²) in [4.78, 5) is 17.0. The van der Waals surface area contributed by atoms with Crippen LogP contribution in [-0.4, -0.2) is 22.5 Å². The SMILES string of the molecule is NC(=O)N1CCc2ccccc2C1c1cccc2[nH]ccc12. The van der Waals surface area contributed by atoms with Gasteiger partial charge >= 0.3 is 6.03 Å². The fraction of sp³-hybridized carbons (Fsp3) is 0.167. The van der Waals surface area contributed by atoms with Crippen LogP contribution in [0.2, 0.25) is 0 Å². The van der Waals surface area contributed by atoms with Crippen LogP contribution in [0.5, 0.6) is 0 Å². The Morgan fingerprint density at radius 2 is 1.91 bits per heavy atom. The molecule has 4 nitrogen and oxygen atoms in total. The van der Waals surface area contributed by atoms with Crippen LogP contribution in [0, 0.1) is 0 Å². The van der Waals surface area contributed by atoms with E-state index in [2.05, 4.69) is 29.2 Å². The zero-order valence-electron chi connectivity index (χ0n) is 12.1. The van der Waals surface area contributed by atoms with Crippen LogP contribution in [0.15, 0.2) is 54.7 Å². The van der Waals surface area contributed by atoms with E-state index < -0.39 is 0 Å². The van der Waals surface area contributed by atoms with Gasteiger partial charge in [-0.2, -0.15) is 0 Å². The molecule has 1 atom stereocenters. The Hall–Kier alpha value is -2.75. The van der Waals surface area contributed by atoms with Crippen molar-refractivity contribution in [3.05, 3.63) is 71.4 Å². The maximum atomic E-state index is 12.0. The molecule has 110 valence electrons.